The molecule has 3 aromatic rings. The summed E-state index contributed by atoms with van der Waals surface area (Å²) in [7, 11) is 1.76. The number of hydrogen-bond donors (Lipinski definition) is 1. The highest BCUT2D eigenvalue weighted by Crippen LogP contribution is 2.22. The lowest BCUT2D eigenvalue weighted by Gasteiger charge is -2.09. The van der Waals surface area contributed by atoms with Crippen molar-refractivity contribution in [1.29, 1.82) is 0 Å². The van der Waals surface area contributed by atoms with Gasteiger partial charge < -0.3 is 9.67 Å². The maximum Gasteiger partial charge on any atom is 0.258 e. The van der Waals surface area contributed by atoms with Crippen molar-refractivity contribution < 1.29 is 5.11 Å². The molecule has 4 nitrogen and oxygen atoms in total. The molecule has 0 saturated heterocycles. The Morgan fingerprint density at radius 3 is 2.55 bits per heavy atom. The quantitative estimate of drug-likeness (QED) is 0.736. The van der Waals surface area contributed by atoms with E-state index in [1.807, 2.05) is 19.1 Å². The number of hydrogen-bond acceptors (Lipinski definition) is 3. The van der Waals surface area contributed by atoms with Gasteiger partial charge in [0, 0.05) is 29.9 Å². The van der Waals surface area contributed by atoms with Gasteiger partial charge in [0.05, 0.1) is 5.52 Å². The molecule has 0 radical (unpaired) electrons. The van der Waals surface area contributed by atoms with E-state index in [1.165, 1.54) is 0 Å². The van der Waals surface area contributed by atoms with Gasteiger partial charge in [-0.25, -0.2) is 0 Å². The first-order valence-electron chi connectivity index (χ1n) is 6.32. The van der Waals surface area contributed by atoms with Gasteiger partial charge in [0.2, 0.25) is 0 Å². The van der Waals surface area contributed by atoms with E-state index >= 15 is 0 Å². The highest BCUT2D eigenvalue weighted by molar-refractivity contribution is 5.83. The first-order chi connectivity index (χ1) is 9.56. The van der Waals surface area contributed by atoms with E-state index in [0.717, 1.165) is 22.2 Å². The fourth-order valence-corrected chi connectivity index (χ4v) is 2.31. The van der Waals surface area contributed by atoms with Gasteiger partial charge in [-0.1, -0.05) is 12.1 Å². The van der Waals surface area contributed by atoms with Gasteiger partial charge in [0.1, 0.15) is 5.75 Å². The number of rotatable bonds is 1. The summed E-state index contributed by atoms with van der Waals surface area (Å²) in [6.45, 7) is 1.90. The largest absolute Gasteiger partial charge is 0.508 e. The SMILES string of the molecule is Cc1cc2c(cn1)cc(-c1ccc(O)cc1)c(=O)n2C. The lowest BCUT2D eigenvalue weighted by atomic mass is 10.1. The molecule has 0 spiro atoms. The number of fused-ring (bicyclic) bond motifs is 1. The summed E-state index contributed by atoms with van der Waals surface area (Å²) in [6.07, 6.45) is 1.77. The van der Waals surface area contributed by atoms with E-state index in [4.69, 9.17) is 0 Å². The fourth-order valence-electron chi connectivity index (χ4n) is 2.31. The molecule has 1 N–H and O–H groups in total. The Hall–Kier alpha value is -2.62. The molecule has 0 aliphatic heterocycles. The Morgan fingerprint density at radius 1 is 1.15 bits per heavy atom. The van der Waals surface area contributed by atoms with Crippen molar-refractivity contribution in [3.8, 4) is 16.9 Å². The maximum absolute atomic E-state index is 12.5. The molecule has 0 unspecified atom stereocenters. The minimum Gasteiger partial charge on any atom is -0.508 e. The average Bonchev–Trinajstić information content (AvgIpc) is 2.44. The zero-order valence-electron chi connectivity index (χ0n) is 11.3. The molecule has 0 atom stereocenters. The third kappa shape index (κ3) is 1.95. The molecule has 0 bridgehead atoms. The van der Waals surface area contributed by atoms with Crippen LogP contribution in [-0.2, 0) is 7.05 Å². The van der Waals surface area contributed by atoms with Crippen LogP contribution in [0.2, 0.25) is 0 Å². The highest BCUT2D eigenvalue weighted by atomic mass is 16.3. The smallest absolute Gasteiger partial charge is 0.258 e. The van der Waals surface area contributed by atoms with Crippen molar-refractivity contribution in [1.82, 2.24) is 9.55 Å². The Kier molecular flexibility index (Phi) is 2.79. The molecule has 2 heterocycles. The second-order valence-electron chi connectivity index (χ2n) is 4.85. The predicted molar refractivity (Wildman–Crippen MR) is 78.8 cm³/mol. The highest BCUT2D eigenvalue weighted by Gasteiger charge is 2.09. The van der Waals surface area contributed by atoms with Crippen molar-refractivity contribution in [2.45, 2.75) is 6.92 Å². The summed E-state index contributed by atoms with van der Waals surface area (Å²) in [6, 6.07) is 10.4. The van der Waals surface area contributed by atoms with E-state index in [0.29, 0.717) is 5.56 Å². The van der Waals surface area contributed by atoms with Gasteiger partial charge in [-0.2, -0.15) is 0 Å². The second-order valence-corrected chi connectivity index (χ2v) is 4.85. The van der Waals surface area contributed by atoms with Crippen LogP contribution >= 0.6 is 0 Å². The van der Waals surface area contributed by atoms with Crippen molar-refractivity contribution in [3.05, 3.63) is 58.6 Å². The first-order valence-corrected chi connectivity index (χ1v) is 6.32. The van der Waals surface area contributed by atoms with Crippen LogP contribution in [-0.4, -0.2) is 14.7 Å². The van der Waals surface area contributed by atoms with Crippen LogP contribution in [0.4, 0.5) is 0 Å². The molecule has 0 aliphatic carbocycles. The number of nitrogens with zero attached hydrogens (tertiary/aromatic N) is 2. The molecule has 20 heavy (non-hydrogen) atoms. The van der Waals surface area contributed by atoms with Gasteiger partial charge in [0.25, 0.3) is 5.56 Å². The van der Waals surface area contributed by atoms with E-state index in [2.05, 4.69) is 4.98 Å². The van der Waals surface area contributed by atoms with Crippen molar-refractivity contribution in [2.75, 3.05) is 0 Å². The normalized spacial score (nSPS) is 10.9. The van der Waals surface area contributed by atoms with Gasteiger partial charge in [-0.05, 0) is 36.8 Å². The summed E-state index contributed by atoms with van der Waals surface area (Å²) in [5, 5.41) is 10.3. The molecule has 0 fully saturated rings. The Morgan fingerprint density at radius 2 is 1.85 bits per heavy atom. The Labute approximate surface area is 116 Å². The maximum atomic E-state index is 12.5. The van der Waals surface area contributed by atoms with E-state index in [-0.39, 0.29) is 11.3 Å². The molecular formula is C16H14N2O2. The number of phenols is 1. The number of aromatic nitrogens is 2. The molecule has 0 saturated carbocycles. The van der Waals surface area contributed by atoms with Crippen LogP contribution in [0.15, 0.2) is 47.4 Å². The van der Waals surface area contributed by atoms with E-state index < -0.39 is 0 Å². The van der Waals surface area contributed by atoms with Crippen molar-refractivity contribution in [2.24, 2.45) is 7.05 Å². The third-order valence-corrected chi connectivity index (χ3v) is 3.42. The van der Waals surface area contributed by atoms with Crippen LogP contribution in [0, 0.1) is 6.92 Å². The molecular weight excluding hydrogens is 252 g/mol. The number of benzene rings is 1. The van der Waals surface area contributed by atoms with Crippen molar-refractivity contribution in [3.63, 3.8) is 0 Å². The van der Waals surface area contributed by atoms with Crippen LogP contribution in [0.1, 0.15) is 5.69 Å². The summed E-state index contributed by atoms with van der Waals surface area (Å²) in [5.41, 5.74) is 3.07. The fraction of sp³-hybridized carbons (Fsp3) is 0.125. The average molecular weight is 266 g/mol. The Bertz CT molecular complexity index is 849. The van der Waals surface area contributed by atoms with Crippen LogP contribution in [0.3, 0.4) is 0 Å². The zero-order chi connectivity index (χ0) is 14.3. The number of pyridine rings is 2. The topological polar surface area (TPSA) is 55.1 Å². The molecule has 100 valence electrons. The summed E-state index contributed by atoms with van der Waals surface area (Å²) < 4.78 is 1.63. The lowest BCUT2D eigenvalue weighted by Crippen LogP contribution is -2.19. The summed E-state index contributed by atoms with van der Waals surface area (Å²) in [5.74, 6) is 0.184. The van der Waals surface area contributed by atoms with E-state index in [1.54, 1.807) is 42.1 Å². The summed E-state index contributed by atoms with van der Waals surface area (Å²) >= 11 is 0. The van der Waals surface area contributed by atoms with Crippen molar-refractivity contribution >= 4 is 10.9 Å². The molecule has 1 aromatic carbocycles. The zero-order valence-corrected chi connectivity index (χ0v) is 11.3. The third-order valence-electron chi connectivity index (χ3n) is 3.42. The molecule has 0 amide bonds. The molecule has 4 heteroatoms. The molecule has 2 aromatic heterocycles. The second kappa shape index (κ2) is 4.49. The minimum atomic E-state index is -0.0613. The standard InChI is InChI=1S/C16H14N2O2/c1-10-7-15-12(9-17-10)8-14(16(20)18(15)2)11-3-5-13(19)6-4-11/h3-9,19H,1-2H3. The number of phenolic OH excluding ortho intramolecular Hbond substituents is 1. The van der Waals surface area contributed by atoms with Crippen LogP contribution in [0.25, 0.3) is 22.0 Å². The van der Waals surface area contributed by atoms with E-state index in [9.17, 15) is 9.90 Å². The van der Waals surface area contributed by atoms with Gasteiger partial charge in [0.15, 0.2) is 0 Å². The van der Waals surface area contributed by atoms with Gasteiger partial charge in [-0.15, -0.1) is 0 Å². The predicted octanol–water partition coefficient (Wildman–Crippen LogP) is 2.61. The first kappa shape index (κ1) is 12.4. The number of aromatic hydroxyl groups is 1. The van der Waals surface area contributed by atoms with Gasteiger partial charge >= 0.3 is 0 Å². The molecule has 3 rings (SSSR count). The molecule has 0 aliphatic rings. The minimum absolute atomic E-state index is 0.0613. The van der Waals surface area contributed by atoms with Gasteiger partial charge in [-0.3, -0.25) is 9.78 Å². The number of aryl methyl sites for hydroxylation is 2. The monoisotopic (exact) mass is 266 g/mol. The lowest BCUT2D eigenvalue weighted by molar-refractivity contribution is 0.475. The summed E-state index contributed by atoms with van der Waals surface area (Å²) in [4.78, 5) is 16.7. The Balaban J connectivity index is 2.32. The van der Waals surface area contributed by atoms with Crippen LogP contribution < -0.4 is 5.56 Å². The van der Waals surface area contributed by atoms with Crippen LogP contribution in [0.5, 0.6) is 5.75 Å².